The average molecular weight is 262 g/mol. The summed E-state index contributed by atoms with van der Waals surface area (Å²) in [5, 5.41) is 7.72. The van der Waals surface area contributed by atoms with Crippen molar-refractivity contribution in [3.05, 3.63) is 18.5 Å². The van der Waals surface area contributed by atoms with Crippen molar-refractivity contribution in [3.63, 3.8) is 0 Å². The molecule has 3 heterocycles. The molecule has 0 bridgehead atoms. The van der Waals surface area contributed by atoms with E-state index in [4.69, 9.17) is 0 Å². The van der Waals surface area contributed by atoms with Gasteiger partial charge in [0.05, 0.1) is 0 Å². The summed E-state index contributed by atoms with van der Waals surface area (Å²) in [4.78, 5) is 15.1. The smallest absolute Gasteiger partial charge is 0.250 e. The van der Waals surface area contributed by atoms with Gasteiger partial charge in [-0.3, -0.25) is 9.48 Å². The van der Waals surface area contributed by atoms with E-state index in [1.807, 2.05) is 16.9 Å². The minimum absolute atomic E-state index is 0.266. The van der Waals surface area contributed by atoms with Crippen molar-refractivity contribution < 1.29 is 4.79 Å². The molecule has 1 unspecified atom stereocenters. The number of hydrogen-bond acceptors (Lipinski definition) is 3. The highest BCUT2D eigenvalue weighted by Crippen LogP contribution is 2.32. The van der Waals surface area contributed by atoms with Crippen LogP contribution in [0.2, 0.25) is 0 Å². The van der Waals surface area contributed by atoms with E-state index < -0.39 is 5.54 Å². The van der Waals surface area contributed by atoms with Crippen LogP contribution in [-0.4, -0.2) is 46.3 Å². The Morgan fingerprint density at radius 3 is 2.79 bits per heavy atom. The number of nitrogens with one attached hydrogen (secondary N) is 1. The molecule has 0 aliphatic carbocycles. The maximum atomic E-state index is 13.1. The molecule has 1 atom stereocenters. The molecule has 1 aromatic rings. The summed E-state index contributed by atoms with van der Waals surface area (Å²) in [6.07, 6.45) is 7.61. The first-order chi connectivity index (χ1) is 9.24. The average Bonchev–Trinajstić information content (AvgIpc) is 3.10. The largest absolute Gasteiger partial charge is 0.338 e. The van der Waals surface area contributed by atoms with Gasteiger partial charge in [0.1, 0.15) is 5.54 Å². The van der Waals surface area contributed by atoms with Gasteiger partial charge in [0.2, 0.25) is 0 Å². The van der Waals surface area contributed by atoms with Gasteiger partial charge in [-0.1, -0.05) is 0 Å². The quantitative estimate of drug-likeness (QED) is 0.864. The molecule has 19 heavy (non-hydrogen) atoms. The topological polar surface area (TPSA) is 50.2 Å². The van der Waals surface area contributed by atoms with Crippen LogP contribution < -0.4 is 5.32 Å². The maximum absolute atomic E-state index is 13.1. The van der Waals surface area contributed by atoms with Crippen LogP contribution in [0, 0.1) is 0 Å². The lowest BCUT2D eigenvalue weighted by molar-refractivity contribution is -0.143. The SMILES string of the molecule is CC1CCCN1C(=O)C1(n2cccn2)CCNCC1. The van der Waals surface area contributed by atoms with Gasteiger partial charge < -0.3 is 10.2 Å². The third-order valence-electron chi connectivity index (χ3n) is 4.59. The molecule has 1 aromatic heterocycles. The fourth-order valence-corrected chi connectivity index (χ4v) is 3.41. The molecule has 0 radical (unpaired) electrons. The van der Waals surface area contributed by atoms with Crippen molar-refractivity contribution in [1.29, 1.82) is 0 Å². The number of rotatable bonds is 2. The van der Waals surface area contributed by atoms with E-state index in [2.05, 4.69) is 22.2 Å². The zero-order chi connectivity index (χ0) is 13.3. The van der Waals surface area contributed by atoms with Gasteiger partial charge in [0.25, 0.3) is 5.91 Å². The van der Waals surface area contributed by atoms with Gasteiger partial charge >= 0.3 is 0 Å². The van der Waals surface area contributed by atoms with E-state index in [0.29, 0.717) is 6.04 Å². The third kappa shape index (κ3) is 2.06. The van der Waals surface area contributed by atoms with Crippen LogP contribution in [0.3, 0.4) is 0 Å². The van der Waals surface area contributed by atoms with Crippen LogP contribution in [0.4, 0.5) is 0 Å². The van der Waals surface area contributed by atoms with E-state index in [-0.39, 0.29) is 5.91 Å². The van der Waals surface area contributed by atoms with Crippen molar-refractivity contribution in [2.75, 3.05) is 19.6 Å². The number of likely N-dealkylation sites (tertiary alicyclic amines) is 1. The molecular formula is C14H22N4O. The van der Waals surface area contributed by atoms with E-state index >= 15 is 0 Å². The first kappa shape index (κ1) is 12.7. The van der Waals surface area contributed by atoms with E-state index in [1.54, 1.807) is 6.20 Å². The van der Waals surface area contributed by atoms with Crippen molar-refractivity contribution in [2.45, 2.75) is 44.2 Å². The Hall–Kier alpha value is -1.36. The minimum Gasteiger partial charge on any atom is -0.338 e. The lowest BCUT2D eigenvalue weighted by Crippen LogP contribution is -2.56. The summed E-state index contributed by atoms with van der Waals surface area (Å²) in [5.41, 5.74) is -0.465. The van der Waals surface area contributed by atoms with E-state index in [1.165, 1.54) is 0 Å². The molecule has 1 amide bonds. The summed E-state index contributed by atoms with van der Waals surface area (Å²) >= 11 is 0. The van der Waals surface area contributed by atoms with Gasteiger partial charge in [0.15, 0.2) is 0 Å². The second-order valence-electron chi connectivity index (χ2n) is 5.72. The third-order valence-corrected chi connectivity index (χ3v) is 4.59. The number of amides is 1. The molecule has 2 saturated heterocycles. The second kappa shape index (κ2) is 4.96. The predicted molar refractivity (Wildman–Crippen MR) is 72.7 cm³/mol. The van der Waals surface area contributed by atoms with Crippen LogP contribution in [-0.2, 0) is 10.3 Å². The first-order valence-corrected chi connectivity index (χ1v) is 7.26. The Balaban J connectivity index is 1.93. The van der Waals surface area contributed by atoms with E-state index in [9.17, 15) is 4.79 Å². The number of carbonyl (C=O) groups is 1. The molecule has 2 aliphatic rings. The zero-order valence-electron chi connectivity index (χ0n) is 11.5. The molecule has 0 spiro atoms. The van der Waals surface area contributed by atoms with Gasteiger partial charge in [-0.15, -0.1) is 0 Å². The van der Waals surface area contributed by atoms with Crippen molar-refractivity contribution in [3.8, 4) is 0 Å². The Bertz CT molecular complexity index is 436. The summed E-state index contributed by atoms with van der Waals surface area (Å²) in [6.45, 7) is 4.82. The number of hydrogen-bond donors (Lipinski definition) is 1. The molecular weight excluding hydrogens is 240 g/mol. The molecule has 0 saturated carbocycles. The fourth-order valence-electron chi connectivity index (χ4n) is 3.41. The number of piperidine rings is 1. The summed E-state index contributed by atoms with van der Waals surface area (Å²) < 4.78 is 1.89. The number of nitrogens with zero attached hydrogens (tertiary/aromatic N) is 3. The van der Waals surface area contributed by atoms with Crippen LogP contribution >= 0.6 is 0 Å². The second-order valence-corrected chi connectivity index (χ2v) is 5.72. The molecule has 1 N–H and O–H groups in total. The van der Waals surface area contributed by atoms with Crippen molar-refractivity contribution >= 4 is 5.91 Å². The fraction of sp³-hybridized carbons (Fsp3) is 0.714. The van der Waals surface area contributed by atoms with Gasteiger partial charge in [-0.25, -0.2) is 0 Å². The highest BCUT2D eigenvalue weighted by atomic mass is 16.2. The molecule has 2 aliphatic heterocycles. The molecule has 5 nitrogen and oxygen atoms in total. The molecule has 2 fully saturated rings. The minimum atomic E-state index is -0.465. The highest BCUT2D eigenvalue weighted by Gasteiger charge is 2.46. The van der Waals surface area contributed by atoms with Crippen LogP contribution in [0.5, 0.6) is 0 Å². The van der Waals surface area contributed by atoms with Gasteiger partial charge in [-0.2, -0.15) is 5.10 Å². The maximum Gasteiger partial charge on any atom is 0.250 e. The molecule has 5 heteroatoms. The Kier molecular flexibility index (Phi) is 3.31. The monoisotopic (exact) mass is 262 g/mol. The Morgan fingerprint density at radius 2 is 2.21 bits per heavy atom. The summed E-state index contributed by atoms with van der Waals surface area (Å²) in [5.74, 6) is 0.266. The van der Waals surface area contributed by atoms with Crippen molar-refractivity contribution in [1.82, 2.24) is 20.0 Å². The van der Waals surface area contributed by atoms with Crippen LogP contribution in [0.15, 0.2) is 18.5 Å². The number of carbonyl (C=O) groups excluding carboxylic acids is 1. The van der Waals surface area contributed by atoms with Crippen LogP contribution in [0.1, 0.15) is 32.6 Å². The summed E-state index contributed by atoms with van der Waals surface area (Å²) in [6, 6.07) is 2.28. The normalized spacial score (nSPS) is 26.6. The van der Waals surface area contributed by atoms with Crippen LogP contribution in [0.25, 0.3) is 0 Å². The summed E-state index contributed by atoms with van der Waals surface area (Å²) in [7, 11) is 0. The van der Waals surface area contributed by atoms with Gasteiger partial charge in [-0.05, 0) is 51.8 Å². The zero-order valence-corrected chi connectivity index (χ0v) is 11.5. The Morgan fingerprint density at radius 1 is 1.42 bits per heavy atom. The molecule has 3 rings (SSSR count). The highest BCUT2D eigenvalue weighted by molar-refractivity contribution is 5.85. The molecule has 104 valence electrons. The standard InChI is InChI=1S/C14H22N4O/c1-12-4-2-10-17(12)13(19)14(5-8-15-9-6-14)18-11-3-7-16-18/h3,7,11-12,15H,2,4-6,8-10H2,1H3. The lowest BCUT2D eigenvalue weighted by Gasteiger charge is -2.40. The molecule has 0 aromatic carbocycles. The predicted octanol–water partition coefficient (Wildman–Crippen LogP) is 0.973. The van der Waals surface area contributed by atoms with E-state index in [0.717, 1.165) is 45.3 Å². The number of aromatic nitrogens is 2. The first-order valence-electron chi connectivity index (χ1n) is 7.26. The van der Waals surface area contributed by atoms with Crippen molar-refractivity contribution in [2.24, 2.45) is 0 Å². The Labute approximate surface area is 114 Å². The lowest BCUT2D eigenvalue weighted by atomic mass is 9.86. The van der Waals surface area contributed by atoms with Gasteiger partial charge in [0, 0.05) is 25.0 Å².